The van der Waals surface area contributed by atoms with E-state index in [-0.39, 0.29) is 12.1 Å². The lowest BCUT2D eigenvalue weighted by molar-refractivity contribution is 0.232. The Bertz CT molecular complexity index is 713. The molecule has 0 saturated carbocycles. The van der Waals surface area contributed by atoms with E-state index in [1.54, 1.807) is 18.3 Å². The number of hydrogen-bond acceptors (Lipinski definition) is 4. The van der Waals surface area contributed by atoms with Gasteiger partial charge in [-0.2, -0.15) is 0 Å². The lowest BCUT2D eigenvalue weighted by Crippen LogP contribution is -2.35. The van der Waals surface area contributed by atoms with Gasteiger partial charge in [-0.15, -0.1) is 0 Å². The standard InChI is InChI=1S/C14H12BrClN4O2/c15-13-17-6-4-11(19-13)20-14(21)18-10-5-7-22-12-8(10)2-1-3-9(12)16/h1-4,6,10H,5,7H2,(H2,17,18,19,20,21)/t10-/m0/s1. The average molecular weight is 384 g/mol. The Hall–Kier alpha value is -1.86. The summed E-state index contributed by atoms with van der Waals surface area (Å²) in [6.45, 7) is 0.501. The number of carbonyl (C=O) groups is 1. The van der Waals surface area contributed by atoms with E-state index in [0.717, 1.165) is 5.56 Å². The molecule has 0 bridgehead atoms. The number of carbonyl (C=O) groups excluding carboxylic acids is 1. The van der Waals surface area contributed by atoms with Crippen molar-refractivity contribution in [3.8, 4) is 5.75 Å². The number of nitrogens with one attached hydrogen (secondary N) is 2. The van der Waals surface area contributed by atoms with Crippen molar-refractivity contribution >= 4 is 39.4 Å². The first-order valence-electron chi connectivity index (χ1n) is 6.61. The van der Waals surface area contributed by atoms with Crippen LogP contribution in [-0.4, -0.2) is 22.6 Å². The normalized spacial score (nSPS) is 16.4. The second-order valence-corrected chi connectivity index (χ2v) is 5.77. The van der Waals surface area contributed by atoms with E-state index < -0.39 is 0 Å². The monoisotopic (exact) mass is 382 g/mol. The van der Waals surface area contributed by atoms with Gasteiger partial charge in [0.05, 0.1) is 17.7 Å². The Morgan fingerprint density at radius 1 is 1.41 bits per heavy atom. The minimum Gasteiger partial charge on any atom is -0.492 e. The Kier molecular flexibility index (Phi) is 4.44. The lowest BCUT2D eigenvalue weighted by Gasteiger charge is -2.27. The number of aromatic nitrogens is 2. The van der Waals surface area contributed by atoms with Crippen LogP contribution in [0.1, 0.15) is 18.0 Å². The molecule has 1 aromatic heterocycles. The molecule has 114 valence electrons. The number of halogens is 2. The fourth-order valence-electron chi connectivity index (χ4n) is 2.25. The maximum Gasteiger partial charge on any atom is 0.320 e. The van der Waals surface area contributed by atoms with Gasteiger partial charge in [0.25, 0.3) is 0 Å². The molecular weight excluding hydrogens is 372 g/mol. The molecule has 2 aromatic rings. The van der Waals surface area contributed by atoms with Gasteiger partial charge in [-0.3, -0.25) is 5.32 Å². The van der Waals surface area contributed by atoms with Crippen molar-refractivity contribution in [3.63, 3.8) is 0 Å². The number of amides is 2. The molecule has 1 atom stereocenters. The molecule has 0 unspecified atom stereocenters. The van der Waals surface area contributed by atoms with Crippen LogP contribution in [0.25, 0.3) is 0 Å². The predicted octanol–water partition coefficient (Wildman–Crippen LogP) is 3.54. The van der Waals surface area contributed by atoms with Crippen LogP contribution in [0.5, 0.6) is 5.75 Å². The quantitative estimate of drug-likeness (QED) is 0.778. The van der Waals surface area contributed by atoms with Gasteiger partial charge in [0, 0.05) is 18.2 Å². The van der Waals surface area contributed by atoms with E-state index in [2.05, 4.69) is 36.5 Å². The van der Waals surface area contributed by atoms with Gasteiger partial charge in [0.2, 0.25) is 0 Å². The lowest BCUT2D eigenvalue weighted by atomic mass is 10.0. The number of urea groups is 1. The first kappa shape index (κ1) is 15.1. The molecule has 0 saturated heterocycles. The Balaban J connectivity index is 1.72. The number of benzene rings is 1. The van der Waals surface area contributed by atoms with Crippen LogP contribution in [0, 0.1) is 0 Å². The minimum absolute atomic E-state index is 0.160. The van der Waals surface area contributed by atoms with Crippen molar-refractivity contribution in [2.45, 2.75) is 12.5 Å². The van der Waals surface area contributed by atoms with Crippen LogP contribution < -0.4 is 15.4 Å². The largest absolute Gasteiger partial charge is 0.492 e. The van der Waals surface area contributed by atoms with E-state index in [4.69, 9.17) is 16.3 Å². The summed E-state index contributed by atoms with van der Waals surface area (Å²) >= 11 is 9.27. The summed E-state index contributed by atoms with van der Waals surface area (Å²) < 4.78 is 5.98. The number of hydrogen-bond donors (Lipinski definition) is 2. The number of fused-ring (bicyclic) bond motifs is 1. The summed E-state index contributed by atoms with van der Waals surface area (Å²) in [5.41, 5.74) is 0.873. The van der Waals surface area contributed by atoms with Crippen LogP contribution in [0.4, 0.5) is 10.6 Å². The highest BCUT2D eigenvalue weighted by molar-refractivity contribution is 9.10. The Morgan fingerprint density at radius 2 is 2.27 bits per heavy atom. The summed E-state index contributed by atoms with van der Waals surface area (Å²) in [4.78, 5) is 20.1. The minimum atomic E-state index is -0.344. The second kappa shape index (κ2) is 6.50. The smallest absolute Gasteiger partial charge is 0.320 e. The second-order valence-electron chi connectivity index (χ2n) is 4.66. The molecule has 8 heteroatoms. The molecule has 3 rings (SSSR count). The van der Waals surface area contributed by atoms with Crippen molar-refractivity contribution in [3.05, 3.63) is 45.8 Å². The van der Waals surface area contributed by atoms with Crippen molar-refractivity contribution in [1.29, 1.82) is 0 Å². The third-order valence-corrected chi connectivity index (χ3v) is 3.88. The number of rotatable bonds is 2. The van der Waals surface area contributed by atoms with Crippen LogP contribution in [0.3, 0.4) is 0 Å². The Labute approximate surface area is 140 Å². The third kappa shape index (κ3) is 3.31. The van der Waals surface area contributed by atoms with Crippen LogP contribution in [-0.2, 0) is 0 Å². The maximum atomic E-state index is 12.1. The van der Waals surface area contributed by atoms with Gasteiger partial charge in [-0.05, 0) is 28.1 Å². The zero-order chi connectivity index (χ0) is 15.5. The molecule has 6 nitrogen and oxygen atoms in total. The molecule has 22 heavy (non-hydrogen) atoms. The number of ether oxygens (including phenoxy) is 1. The summed E-state index contributed by atoms with van der Waals surface area (Å²) in [5.74, 6) is 1.04. The van der Waals surface area contributed by atoms with Crippen molar-refractivity contribution in [1.82, 2.24) is 15.3 Å². The van der Waals surface area contributed by atoms with Crippen LogP contribution in [0.15, 0.2) is 35.2 Å². The number of para-hydroxylation sites is 1. The highest BCUT2D eigenvalue weighted by atomic mass is 79.9. The molecule has 1 aliphatic rings. The van der Waals surface area contributed by atoms with Crippen molar-refractivity contribution < 1.29 is 9.53 Å². The molecule has 0 aliphatic carbocycles. The van der Waals surface area contributed by atoms with E-state index in [0.29, 0.717) is 34.4 Å². The third-order valence-electron chi connectivity index (χ3n) is 3.20. The number of anilines is 1. The van der Waals surface area contributed by atoms with Gasteiger partial charge in [-0.1, -0.05) is 23.7 Å². The predicted molar refractivity (Wildman–Crippen MR) is 86.2 cm³/mol. The van der Waals surface area contributed by atoms with Gasteiger partial charge in [0.15, 0.2) is 4.73 Å². The zero-order valence-electron chi connectivity index (χ0n) is 11.3. The topological polar surface area (TPSA) is 76.1 Å². The molecule has 2 amide bonds. The van der Waals surface area contributed by atoms with Crippen molar-refractivity contribution in [2.75, 3.05) is 11.9 Å². The average Bonchev–Trinajstić information content (AvgIpc) is 2.48. The zero-order valence-corrected chi connectivity index (χ0v) is 13.7. The van der Waals surface area contributed by atoms with E-state index in [9.17, 15) is 4.79 Å². The van der Waals surface area contributed by atoms with Crippen LogP contribution in [0.2, 0.25) is 5.02 Å². The summed E-state index contributed by atoms with van der Waals surface area (Å²) in [6, 6.07) is 6.60. The molecule has 0 fully saturated rings. The van der Waals surface area contributed by atoms with E-state index >= 15 is 0 Å². The van der Waals surface area contributed by atoms with Gasteiger partial charge in [-0.25, -0.2) is 14.8 Å². The van der Waals surface area contributed by atoms with Gasteiger partial charge >= 0.3 is 6.03 Å². The fourth-order valence-corrected chi connectivity index (χ4v) is 2.80. The maximum absolute atomic E-state index is 12.1. The molecule has 2 N–H and O–H groups in total. The van der Waals surface area contributed by atoms with E-state index in [1.807, 2.05) is 12.1 Å². The molecule has 1 aromatic carbocycles. The van der Waals surface area contributed by atoms with Crippen molar-refractivity contribution in [2.24, 2.45) is 0 Å². The number of nitrogens with zero attached hydrogens (tertiary/aromatic N) is 2. The first-order valence-corrected chi connectivity index (χ1v) is 7.78. The summed E-state index contributed by atoms with van der Waals surface area (Å²) in [5, 5.41) is 6.12. The highest BCUT2D eigenvalue weighted by Crippen LogP contribution is 2.37. The Morgan fingerprint density at radius 3 is 3.09 bits per heavy atom. The van der Waals surface area contributed by atoms with Gasteiger partial charge in [0.1, 0.15) is 11.6 Å². The molecular formula is C14H12BrClN4O2. The molecule has 0 radical (unpaired) electrons. The van der Waals surface area contributed by atoms with Gasteiger partial charge < -0.3 is 10.1 Å². The van der Waals surface area contributed by atoms with E-state index in [1.165, 1.54) is 0 Å². The molecule has 0 spiro atoms. The first-order chi connectivity index (χ1) is 10.6. The summed E-state index contributed by atoms with van der Waals surface area (Å²) in [6.07, 6.45) is 2.23. The molecule has 2 heterocycles. The highest BCUT2D eigenvalue weighted by Gasteiger charge is 2.24. The summed E-state index contributed by atoms with van der Waals surface area (Å²) in [7, 11) is 0. The van der Waals surface area contributed by atoms with Crippen LogP contribution >= 0.6 is 27.5 Å². The molecule has 1 aliphatic heterocycles. The SMILES string of the molecule is O=C(Nc1ccnc(Br)n1)N[C@H]1CCOc2c(Cl)cccc21. The fraction of sp³-hybridized carbons (Fsp3) is 0.214.